The Hall–Kier alpha value is -1.26. The van der Waals surface area contributed by atoms with Crippen LogP contribution in [0.5, 0.6) is 0 Å². The zero-order chi connectivity index (χ0) is 13.0. The summed E-state index contributed by atoms with van der Waals surface area (Å²) in [5.74, 6) is -1.14. The number of carboxylic acids is 1. The normalized spacial score (nSPS) is 11.9. The number of likely N-dealkylation sites (N-methyl/N-ethyl adjacent to an activating group) is 1. The van der Waals surface area contributed by atoms with Gasteiger partial charge in [-0.05, 0) is 19.1 Å². The number of aliphatic carboxylic acids is 1. The Kier molecular flexibility index (Phi) is 4.78. The lowest BCUT2D eigenvalue weighted by Crippen LogP contribution is -2.33. The van der Waals surface area contributed by atoms with E-state index in [0.29, 0.717) is 17.0 Å². The molecule has 0 fully saturated rings. The van der Waals surface area contributed by atoms with E-state index in [1.165, 1.54) is 18.2 Å². The molecule has 17 heavy (non-hydrogen) atoms. The minimum absolute atomic E-state index is 0.227. The molecule has 0 saturated heterocycles. The van der Waals surface area contributed by atoms with Gasteiger partial charge in [0.2, 0.25) is 6.41 Å². The topological polar surface area (TPSA) is 57.6 Å². The summed E-state index contributed by atoms with van der Waals surface area (Å²) < 4.78 is 0. The fraction of sp³-hybridized carbons (Fsp3) is 0.273. The molecule has 0 aliphatic rings. The van der Waals surface area contributed by atoms with Gasteiger partial charge >= 0.3 is 5.97 Å². The van der Waals surface area contributed by atoms with Gasteiger partial charge in [-0.3, -0.25) is 4.79 Å². The van der Waals surface area contributed by atoms with Gasteiger partial charge in [-0.15, -0.1) is 0 Å². The summed E-state index contributed by atoms with van der Waals surface area (Å²) >= 11 is 11.7. The van der Waals surface area contributed by atoms with Crippen LogP contribution in [0.1, 0.15) is 18.5 Å². The fourth-order valence-corrected chi connectivity index (χ4v) is 2.01. The van der Waals surface area contributed by atoms with E-state index >= 15 is 0 Å². The number of carbonyl (C=O) groups excluding carboxylic acids is 1. The first-order valence-corrected chi connectivity index (χ1v) is 5.65. The maximum absolute atomic E-state index is 11.2. The Morgan fingerprint density at radius 2 is 2.18 bits per heavy atom. The van der Waals surface area contributed by atoms with E-state index in [9.17, 15) is 9.59 Å². The van der Waals surface area contributed by atoms with Crippen LogP contribution >= 0.6 is 23.2 Å². The lowest BCUT2D eigenvalue weighted by atomic mass is 10.1. The first kappa shape index (κ1) is 13.8. The molecule has 1 amide bonds. The summed E-state index contributed by atoms with van der Waals surface area (Å²) in [6.07, 6.45) is 0.490. The number of hydrogen-bond acceptors (Lipinski definition) is 2. The van der Waals surface area contributed by atoms with Gasteiger partial charge in [0.25, 0.3) is 0 Å². The minimum Gasteiger partial charge on any atom is -0.479 e. The number of rotatable bonds is 5. The number of halogens is 2. The number of benzene rings is 1. The monoisotopic (exact) mass is 275 g/mol. The second-order valence-electron chi connectivity index (χ2n) is 3.34. The van der Waals surface area contributed by atoms with Crippen molar-refractivity contribution in [3.63, 3.8) is 0 Å². The summed E-state index contributed by atoms with van der Waals surface area (Å²) in [6.45, 7) is 1.97. The molecule has 0 aliphatic heterocycles. The Bertz CT molecular complexity index is 437. The average molecular weight is 276 g/mol. The summed E-state index contributed by atoms with van der Waals surface area (Å²) in [4.78, 5) is 23.2. The highest BCUT2D eigenvalue weighted by molar-refractivity contribution is 6.35. The summed E-state index contributed by atoms with van der Waals surface area (Å²) in [5.41, 5.74) is 0.345. The van der Waals surface area contributed by atoms with Crippen molar-refractivity contribution in [2.45, 2.75) is 13.0 Å². The molecule has 1 rings (SSSR count). The third kappa shape index (κ3) is 3.11. The molecule has 1 N–H and O–H groups in total. The molecule has 0 spiro atoms. The van der Waals surface area contributed by atoms with Gasteiger partial charge < -0.3 is 10.0 Å². The number of nitrogens with zero attached hydrogens (tertiary/aromatic N) is 1. The summed E-state index contributed by atoms with van der Waals surface area (Å²) in [5, 5.41) is 9.80. The van der Waals surface area contributed by atoms with Crippen molar-refractivity contribution < 1.29 is 14.7 Å². The molecule has 0 bridgehead atoms. The maximum Gasteiger partial charge on any atom is 0.331 e. The molecule has 0 aliphatic carbocycles. The maximum atomic E-state index is 11.2. The van der Waals surface area contributed by atoms with E-state index in [0.717, 1.165) is 4.90 Å². The van der Waals surface area contributed by atoms with Crippen molar-refractivity contribution in [2.24, 2.45) is 0 Å². The molecule has 1 unspecified atom stereocenters. The SMILES string of the molecule is CCN(C=O)C(C(=O)O)c1ccc(Cl)cc1Cl. The van der Waals surface area contributed by atoms with E-state index < -0.39 is 12.0 Å². The lowest BCUT2D eigenvalue weighted by Gasteiger charge is -2.24. The van der Waals surface area contributed by atoms with E-state index in [-0.39, 0.29) is 11.6 Å². The molecular formula is C11H11Cl2NO3. The fourth-order valence-electron chi connectivity index (χ4n) is 1.49. The number of carbonyl (C=O) groups is 2. The highest BCUT2D eigenvalue weighted by atomic mass is 35.5. The van der Waals surface area contributed by atoms with Crippen molar-refractivity contribution in [2.75, 3.05) is 6.54 Å². The Morgan fingerprint density at radius 1 is 1.53 bits per heavy atom. The Balaban J connectivity index is 3.22. The standard InChI is InChI=1S/C11H11Cl2NO3/c1-2-14(6-15)10(11(16)17)8-4-3-7(12)5-9(8)13/h3-6,10H,2H2,1H3,(H,16,17). The molecule has 1 aromatic carbocycles. The van der Waals surface area contributed by atoms with Gasteiger partial charge in [-0.1, -0.05) is 29.3 Å². The van der Waals surface area contributed by atoms with Crippen LogP contribution in [0.25, 0.3) is 0 Å². The van der Waals surface area contributed by atoms with Gasteiger partial charge in [0.15, 0.2) is 6.04 Å². The van der Waals surface area contributed by atoms with Crippen LogP contribution in [0.2, 0.25) is 10.0 Å². The van der Waals surface area contributed by atoms with E-state index in [1.54, 1.807) is 6.92 Å². The average Bonchev–Trinajstić information content (AvgIpc) is 2.26. The largest absolute Gasteiger partial charge is 0.479 e. The third-order valence-electron chi connectivity index (χ3n) is 2.32. The smallest absolute Gasteiger partial charge is 0.331 e. The summed E-state index contributed by atoms with van der Waals surface area (Å²) in [6, 6.07) is 3.40. The molecule has 4 nitrogen and oxygen atoms in total. The molecule has 1 atom stereocenters. The predicted molar refractivity (Wildman–Crippen MR) is 65.3 cm³/mol. The van der Waals surface area contributed by atoms with Crippen LogP contribution in [0.4, 0.5) is 0 Å². The highest BCUT2D eigenvalue weighted by Crippen LogP contribution is 2.29. The van der Waals surface area contributed by atoms with Crippen LogP contribution in [0, 0.1) is 0 Å². The molecule has 6 heteroatoms. The molecule has 0 radical (unpaired) electrons. The van der Waals surface area contributed by atoms with Crippen LogP contribution in [-0.2, 0) is 9.59 Å². The van der Waals surface area contributed by atoms with Gasteiger partial charge in [-0.2, -0.15) is 0 Å². The van der Waals surface area contributed by atoms with E-state index in [4.69, 9.17) is 28.3 Å². The van der Waals surface area contributed by atoms with Gasteiger partial charge in [-0.25, -0.2) is 4.79 Å². The minimum atomic E-state index is -1.14. The quantitative estimate of drug-likeness (QED) is 0.841. The second-order valence-corrected chi connectivity index (χ2v) is 4.19. The second kappa shape index (κ2) is 5.89. The number of amides is 1. The third-order valence-corrected chi connectivity index (χ3v) is 2.89. The predicted octanol–water partition coefficient (Wildman–Crippen LogP) is 2.60. The zero-order valence-electron chi connectivity index (χ0n) is 9.06. The zero-order valence-corrected chi connectivity index (χ0v) is 10.6. The number of carboxylic acid groups (broad SMARTS) is 1. The number of hydrogen-bond donors (Lipinski definition) is 1. The van der Waals surface area contributed by atoms with Crippen LogP contribution in [0.15, 0.2) is 18.2 Å². The van der Waals surface area contributed by atoms with Crippen LogP contribution in [-0.4, -0.2) is 28.9 Å². The van der Waals surface area contributed by atoms with E-state index in [1.807, 2.05) is 0 Å². The molecule has 92 valence electrons. The lowest BCUT2D eigenvalue weighted by molar-refractivity contribution is -0.146. The van der Waals surface area contributed by atoms with Crippen molar-refractivity contribution in [1.82, 2.24) is 4.90 Å². The van der Waals surface area contributed by atoms with Gasteiger partial charge in [0.05, 0.1) is 0 Å². The Labute approximate surface area is 109 Å². The Morgan fingerprint density at radius 3 is 2.59 bits per heavy atom. The van der Waals surface area contributed by atoms with Crippen molar-refractivity contribution in [1.29, 1.82) is 0 Å². The van der Waals surface area contributed by atoms with Crippen molar-refractivity contribution >= 4 is 35.6 Å². The summed E-state index contributed by atoms with van der Waals surface area (Å²) in [7, 11) is 0. The molecule has 0 heterocycles. The molecular weight excluding hydrogens is 265 g/mol. The van der Waals surface area contributed by atoms with Gasteiger partial charge in [0, 0.05) is 22.2 Å². The van der Waals surface area contributed by atoms with E-state index in [2.05, 4.69) is 0 Å². The first-order chi connectivity index (χ1) is 8.01. The van der Waals surface area contributed by atoms with Crippen molar-refractivity contribution in [3.05, 3.63) is 33.8 Å². The molecule has 0 aromatic heterocycles. The van der Waals surface area contributed by atoms with Crippen LogP contribution < -0.4 is 0 Å². The van der Waals surface area contributed by atoms with Crippen molar-refractivity contribution in [3.8, 4) is 0 Å². The molecule has 1 aromatic rings. The van der Waals surface area contributed by atoms with Gasteiger partial charge in [0.1, 0.15) is 0 Å². The highest BCUT2D eigenvalue weighted by Gasteiger charge is 2.27. The first-order valence-electron chi connectivity index (χ1n) is 4.90. The van der Waals surface area contributed by atoms with Crippen LogP contribution in [0.3, 0.4) is 0 Å². The molecule has 0 saturated carbocycles.